The van der Waals surface area contributed by atoms with Gasteiger partial charge in [0, 0.05) is 44.8 Å². The molecular weight excluding hydrogens is 390 g/mol. The van der Waals surface area contributed by atoms with Gasteiger partial charge in [0.15, 0.2) is 0 Å². The third-order valence-electron chi connectivity index (χ3n) is 6.22. The summed E-state index contributed by atoms with van der Waals surface area (Å²) in [7, 11) is 0. The van der Waals surface area contributed by atoms with Gasteiger partial charge in [0.25, 0.3) is 0 Å². The average Bonchev–Trinajstić information content (AvgIpc) is 3.21. The smallest absolute Gasteiger partial charge is 0.227 e. The Morgan fingerprint density at radius 1 is 1.06 bits per heavy atom. The number of carbonyl (C=O) groups is 2. The van der Waals surface area contributed by atoms with Crippen LogP contribution in [-0.4, -0.2) is 49.6 Å². The van der Waals surface area contributed by atoms with Crippen molar-refractivity contribution < 1.29 is 14.3 Å². The second-order valence-corrected chi connectivity index (χ2v) is 8.30. The molecule has 0 unspecified atom stereocenters. The summed E-state index contributed by atoms with van der Waals surface area (Å²) in [5, 5.41) is 3.07. The van der Waals surface area contributed by atoms with Crippen LogP contribution < -0.4 is 10.2 Å². The summed E-state index contributed by atoms with van der Waals surface area (Å²) in [5.41, 5.74) is 4.46. The molecular formula is C25H31N3O3. The first-order valence-electron chi connectivity index (χ1n) is 11.2. The molecule has 0 spiro atoms. The molecule has 2 amide bonds. The third-order valence-corrected chi connectivity index (χ3v) is 6.22. The van der Waals surface area contributed by atoms with Gasteiger partial charge in [-0.25, -0.2) is 0 Å². The highest BCUT2D eigenvalue weighted by Gasteiger charge is 2.35. The lowest BCUT2D eigenvalue weighted by molar-refractivity contribution is -0.126. The zero-order valence-corrected chi connectivity index (χ0v) is 18.2. The van der Waals surface area contributed by atoms with Gasteiger partial charge in [-0.15, -0.1) is 0 Å². The molecule has 2 aromatic rings. The average molecular weight is 422 g/mol. The Hall–Kier alpha value is -2.70. The maximum Gasteiger partial charge on any atom is 0.227 e. The maximum absolute atomic E-state index is 12.8. The SMILES string of the molecule is CCc1ccc(N2C[C@H](C(=O)NCc3ccccc3CN3CCOCC3)CC2=O)cc1. The van der Waals surface area contributed by atoms with Crippen molar-refractivity contribution in [3.05, 3.63) is 65.2 Å². The number of amides is 2. The van der Waals surface area contributed by atoms with Crippen LogP contribution in [0, 0.1) is 5.92 Å². The number of benzene rings is 2. The molecule has 0 aromatic heterocycles. The van der Waals surface area contributed by atoms with E-state index in [4.69, 9.17) is 4.74 Å². The van der Waals surface area contributed by atoms with Crippen molar-refractivity contribution in [2.45, 2.75) is 32.9 Å². The number of nitrogens with zero attached hydrogens (tertiary/aromatic N) is 2. The summed E-state index contributed by atoms with van der Waals surface area (Å²) >= 11 is 0. The van der Waals surface area contributed by atoms with Crippen LogP contribution in [-0.2, 0) is 33.8 Å². The molecule has 2 aliphatic heterocycles. The van der Waals surface area contributed by atoms with Crippen LogP contribution in [0.25, 0.3) is 0 Å². The van der Waals surface area contributed by atoms with E-state index in [2.05, 4.69) is 29.3 Å². The molecule has 1 N–H and O–H groups in total. The lowest BCUT2D eigenvalue weighted by Crippen LogP contribution is -2.36. The molecule has 2 aromatic carbocycles. The highest BCUT2D eigenvalue weighted by atomic mass is 16.5. The minimum absolute atomic E-state index is 0.0112. The largest absolute Gasteiger partial charge is 0.379 e. The number of hydrogen-bond acceptors (Lipinski definition) is 4. The predicted octanol–water partition coefficient (Wildman–Crippen LogP) is 2.75. The molecule has 31 heavy (non-hydrogen) atoms. The number of carbonyl (C=O) groups excluding carboxylic acids is 2. The fraction of sp³-hybridized carbons (Fsp3) is 0.440. The predicted molar refractivity (Wildman–Crippen MR) is 121 cm³/mol. The number of morpholine rings is 1. The topological polar surface area (TPSA) is 61.9 Å². The van der Waals surface area contributed by atoms with Crippen LogP contribution in [0.3, 0.4) is 0 Å². The van der Waals surface area contributed by atoms with E-state index in [-0.39, 0.29) is 24.2 Å². The number of ether oxygens (including phenoxy) is 1. The number of nitrogens with one attached hydrogen (secondary N) is 1. The van der Waals surface area contributed by atoms with Crippen molar-refractivity contribution >= 4 is 17.5 Å². The monoisotopic (exact) mass is 421 g/mol. The third kappa shape index (κ3) is 5.32. The molecule has 2 heterocycles. The first kappa shape index (κ1) is 21.5. The van der Waals surface area contributed by atoms with Crippen molar-refractivity contribution in [3.8, 4) is 0 Å². The van der Waals surface area contributed by atoms with Gasteiger partial charge < -0.3 is 15.0 Å². The van der Waals surface area contributed by atoms with Gasteiger partial charge >= 0.3 is 0 Å². The van der Waals surface area contributed by atoms with Gasteiger partial charge in [0.1, 0.15) is 0 Å². The quantitative estimate of drug-likeness (QED) is 0.747. The lowest BCUT2D eigenvalue weighted by atomic mass is 10.1. The van der Waals surface area contributed by atoms with Gasteiger partial charge in [0.2, 0.25) is 11.8 Å². The second-order valence-electron chi connectivity index (χ2n) is 8.30. The minimum atomic E-state index is -0.315. The highest BCUT2D eigenvalue weighted by molar-refractivity contribution is 6.00. The summed E-state index contributed by atoms with van der Waals surface area (Å²) in [6.45, 7) is 7.29. The van der Waals surface area contributed by atoms with Gasteiger partial charge in [-0.2, -0.15) is 0 Å². The van der Waals surface area contributed by atoms with Crippen LogP contribution in [0.15, 0.2) is 48.5 Å². The van der Waals surface area contributed by atoms with E-state index < -0.39 is 0 Å². The fourth-order valence-electron chi connectivity index (χ4n) is 4.26. The fourth-order valence-corrected chi connectivity index (χ4v) is 4.26. The summed E-state index contributed by atoms with van der Waals surface area (Å²) < 4.78 is 5.43. The Bertz CT molecular complexity index is 906. The number of rotatable bonds is 7. The van der Waals surface area contributed by atoms with Gasteiger partial charge in [-0.05, 0) is 35.2 Å². The minimum Gasteiger partial charge on any atom is -0.379 e. The van der Waals surface area contributed by atoms with Crippen LogP contribution in [0.4, 0.5) is 5.69 Å². The molecule has 0 radical (unpaired) electrons. The first-order valence-corrected chi connectivity index (χ1v) is 11.2. The molecule has 2 fully saturated rings. The molecule has 0 aliphatic carbocycles. The van der Waals surface area contributed by atoms with E-state index >= 15 is 0 Å². The Labute approximate surface area is 184 Å². The highest BCUT2D eigenvalue weighted by Crippen LogP contribution is 2.26. The molecule has 164 valence electrons. The van der Waals surface area contributed by atoms with Crippen LogP contribution in [0.2, 0.25) is 0 Å². The molecule has 2 saturated heterocycles. The van der Waals surface area contributed by atoms with Gasteiger partial charge in [0.05, 0.1) is 19.1 Å². The normalized spacial score (nSPS) is 19.6. The number of hydrogen-bond donors (Lipinski definition) is 1. The van der Waals surface area contributed by atoms with E-state index in [1.165, 1.54) is 11.1 Å². The van der Waals surface area contributed by atoms with E-state index in [0.29, 0.717) is 13.1 Å². The molecule has 6 nitrogen and oxygen atoms in total. The Morgan fingerprint density at radius 3 is 2.48 bits per heavy atom. The number of aryl methyl sites for hydroxylation is 1. The Balaban J connectivity index is 1.34. The van der Waals surface area contributed by atoms with Crippen molar-refractivity contribution in [2.24, 2.45) is 5.92 Å². The molecule has 1 atom stereocenters. The standard InChI is InChI=1S/C25H31N3O3/c1-2-19-7-9-23(10-8-19)28-18-22(15-24(28)29)25(30)26-16-20-5-3-4-6-21(20)17-27-11-13-31-14-12-27/h3-10,22H,2,11-18H2,1H3,(H,26,30)/t22-/m1/s1. The second kappa shape index (κ2) is 10.1. The Morgan fingerprint density at radius 2 is 1.77 bits per heavy atom. The van der Waals surface area contributed by atoms with Crippen LogP contribution >= 0.6 is 0 Å². The lowest BCUT2D eigenvalue weighted by Gasteiger charge is -2.27. The van der Waals surface area contributed by atoms with E-state index in [9.17, 15) is 9.59 Å². The van der Waals surface area contributed by atoms with E-state index in [1.54, 1.807) is 4.90 Å². The summed E-state index contributed by atoms with van der Waals surface area (Å²) in [6.07, 6.45) is 1.23. The van der Waals surface area contributed by atoms with Gasteiger partial charge in [-0.1, -0.05) is 43.3 Å². The van der Waals surface area contributed by atoms with Gasteiger partial charge in [-0.3, -0.25) is 14.5 Å². The van der Waals surface area contributed by atoms with E-state index in [1.807, 2.05) is 36.4 Å². The summed E-state index contributed by atoms with van der Waals surface area (Å²) in [6, 6.07) is 16.3. The maximum atomic E-state index is 12.8. The summed E-state index contributed by atoms with van der Waals surface area (Å²) in [5.74, 6) is -0.357. The number of anilines is 1. The van der Waals surface area contributed by atoms with Crippen molar-refractivity contribution in [3.63, 3.8) is 0 Å². The molecule has 4 rings (SSSR count). The zero-order chi connectivity index (χ0) is 21.6. The summed E-state index contributed by atoms with van der Waals surface area (Å²) in [4.78, 5) is 29.5. The molecule has 0 saturated carbocycles. The van der Waals surface area contributed by atoms with E-state index in [0.717, 1.165) is 50.5 Å². The molecule has 2 aliphatic rings. The van der Waals surface area contributed by atoms with Crippen LogP contribution in [0.1, 0.15) is 30.0 Å². The Kier molecular flexibility index (Phi) is 6.99. The van der Waals surface area contributed by atoms with Crippen LogP contribution in [0.5, 0.6) is 0 Å². The first-order chi connectivity index (χ1) is 15.1. The molecule has 0 bridgehead atoms. The zero-order valence-electron chi connectivity index (χ0n) is 18.2. The van der Waals surface area contributed by atoms with Crippen molar-refractivity contribution in [1.29, 1.82) is 0 Å². The van der Waals surface area contributed by atoms with Crippen molar-refractivity contribution in [1.82, 2.24) is 10.2 Å². The molecule has 6 heteroatoms. The van der Waals surface area contributed by atoms with Crippen molar-refractivity contribution in [2.75, 3.05) is 37.7 Å².